The smallest absolute Gasteiger partial charge is 0.234 e. The highest BCUT2D eigenvalue weighted by molar-refractivity contribution is 6.30. The van der Waals surface area contributed by atoms with Gasteiger partial charge in [0.15, 0.2) is 0 Å². The van der Waals surface area contributed by atoms with Crippen LogP contribution >= 0.6 is 11.6 Å². The molecule has 2 fully saturated rings. The molecule has 2 unspecified atom stereocenters. The highest BCUT2D eigenvalue weighted by Crippen LogP contribution is 2.15. The summed E-state index contributed by atoms with van der Waals surface area (Å²) in [7, 11) is 0. The lowest BCUT2D eigenvalue weighted by Crippen LogP contribution is -2.36. The van der Waals surface area contributed by atoms with Crippen LogP contribution < -0.4 is 11.1 Å². The number of carbonyl (C=O) groups is 1. The normalized spacial score (nSPS) is 24.8. The van der Waals surface area contributed by atoms with Crippen LogP contribution in [-0.4, -0.2) is 47.7 Å². The number of nitrogens with two attached hydrogens (primary N) is 1. The summed E-state index contributed by atoms with van der Waals surface area (Å²) in [5.41, 5.74) is 6.25. The molecule has 0 radical (unpaired) electrons. The zero-order chi connectivity index (χ0) is 15.9. The minimum Gasteiger partial charge on any atom is -0.392 e. The summed E-state index contributed by atoms with van der Waals surface area (Å²) >= 11 is 5.80. The van der Waals surface area contributed by atoms with Crippen molar-refractivity contribution in [2.45, 2.75) is 38.0 Å². The van der Waals surface area contributed by atoms with Crippen molar-refractivity contribution in [2.24, 2.45) is 5.73 Å². The van der Waals surface area contributed by atoms with Gasteiger partial charge in [0.2, 0.25) is 5.91 Å². The zero-order valence-corrected chi connectivity index (χ0v) is 13.4. The molecule has 2 heterocycles. The number of nitrogens with one attached hydrogen (secondary N) is 1. The van der Waals surface area contributed by atoms with E-state index in [-0.39, 0.29) is 18.1 Å². The highest BCUT2D eigenvalue weighted by atomic mass is 35.5. The fourth-order valence-corrected chi connectivity index (χ4v) is 2.86. The second kappa shape index (κ2) is 8.48. The number of rotatable bonds is 3. The van der Waals surface area contributed by atoms with E-state index in [4.69, 9.17) is 17.3 Å². The minimum absolute atomic E-state index is 0.0463. The second-order valence-corrected chi connectivity index (χ2v) is 6.29. The van der Waals surface area contributed by atoms with Crippen LogP contribution in [0.25, 0.3) is 0 Å². The zero-order valence-electron chi connectivity index (χ0n) is 12.7. The number of benzene rings is 1. The van der Waals surface area contributed by atoms with Crippen LogP contribution in [0.15, 0.2) is 24.3 Å². The Morgan fingerprint density at radius 1 is 1.36 bits per heavy atom. The predicted octanol–water partition coefficient (Wildman–Crippen LogP) is 1.13. The number of primary amides is 1. The van der Waals surface area contributed by atoms with Crippen molar-refractivity contribution in [2.75, 3.05) is 19.6 Å². The van der Waals surface area contributed by atoms with E-state index in [1.807, 2.05) is 24.3 Å². The first-order valence-electron chi connectivity index (χ1n) is 7.72. The summed E-state index contributed by atoms with van der Waals surface area (Å²) in [5.74, 6) is -0.220. The van der Waals surface area contributed by atoms with E-state index < -0.39 is 0 Å². The molecule has 3 rings (SSSR count). The Bertz CT molecular complexity index is 475. The SMILES string of the molecule is NC(=O)C1CCCN1.OC1CCN(Cc2ccc(Cl)cc2)C1. The molecule has 4 N–H and O–H groups in total. The van der Waals surface area contributed by atoms with E-state index >= 15 is 0 Å². The van der Waals surface area contributed by atoms with Gasteiger partial charge in [-0.05, 0) is 43.5 Å². The number of β-amino-alcohol motifs (C(OH)–C–C–N with tert-alkyl or cyclic N) is 1. The number of aliphatic hydroxyl groups is 1. The Kier molecular flexibility index (Phi) is 6.64. The molecule has 0 saturated carbocycles. The van der Waals surface area contributed by atoms with Crippen LogP contribution in [0, 0.1) is 0 Å². The summed E-state index contributed by atoms with van der Waals surface area (Å²) in [6, 6.07) is 7.84. The fourth-order valence-electron chi connectivity index (χ4n) is 2.73. The van der Waals surface area contributed by atoms with Crippen molar-refractivity contribution in [1.29, 1.82) is 0 Å². The Hall–Kier alpha value is -1.14. The second-order valence-electron chi connectivity index (χ2n) is 5.86. The van der Waals surface area contributed by atoms with E-state index in [1.54, 1.807) is 0 Å². The fraction of sp³-hybridized carbons (Fsp3) is 0.562. The topological polar surface area (TPSA) is 78.6 Å². The number of hydrogen-bond donors (Lipinski definition) is 3. The molecule has 1 aromatic carbocycles. The van der Waals surface area contributed by atoms with Gasteiger partial charge in [0, 0.05) is 24.7 Å². The van der Waals surface area contributed by atoms with Crippen LogP contribution in [0.1, 0.15) is 24.8 Å². The maximum Gasteiger partial charge on any atom is 0.234 e. The molecular weight excluding hydrogens is 302 g/mol. The van der Waals surface area contributed by atoms with E-state index in [0.717, 1.165) is 50.5 Å². The van der Waals surface area contributed by atoms with Gasteiger partial charge in [0.1, 0.15) is 0 Å². The maximum absolute atomic E-state index is 10.4. The molecule has 2 atom stereocenters. The first kappa shape index (κ1) is 17.2. The van der Waals surface area contributed by atoms with Crippen molar-refractivity contribution in [3.63, 3.8) is 0 Å². The van der Waals surface area contributed by atoms with Crippen molar-refractivity contribution in [3.8, 4) is 0 Å². The lowest BCUT2D eigenvalue weighted by atomic mass is 10.2. The minimum atomic E-state index is -0.220. The molecule has 0 aliphatic carbocycles. The number of halogens is 1. The summed E-state index contributed by atoms with van der Waals surface area (Å²) in [5, 5.41) is 13.1. The van der Waals surface area contributed by atoms with Gasteiger partial charge < -0.3 is 16.2 Å². The van der Waals surface area contributed by atoms with Crippen LogP contribution in [0.3, 0.4) is 0 Å². The third-order valence-corrected chi connectivity index (χ3v) is 4.22. The highest BCUT2D eigenvalue weighted by Gasteiger charge is 2.19. The van der Waals surface area contributed by atoms with Gasteiger partial charge in [-0.15, -0.1) is 0 Å². The molecule has 0 spiro atoms. The molecule has 0 bridgehead atoms. The molecule has 1 amide bonds. The first-order chi connectivity index (χ1) is 10.5. The van der Waals surface area contributed by atoms with Gasteiger partial charge >= 0.3 is 0 Å². The average Bonchev–Trinajstić information content (AvgIpc) is 3.14. The average molecular weight is 326 g/mol. The third kappa shape index (κ3) is 5.57. The van der Waals surface area contributed by atoms with Crippen molar-refractivity contribution < 1.29 is 9.90 Å². The summed E-state index contributed by atoms with van der Waals surface area (Å²) in [6.45, 7) is 3.63. The largest absolute Gasteiger partial charge is 0.392 e. The molecule has 2 saturated heterocycles. The Morgan fingerprint density at radius 3 is 2.55 bits per heavy atom. The van der Waals surface area contributed by atoms with Gasteiger partial charge in [-0.25, -0.2) is 0 Å². The standard InChI is InChI=1S/C11H14ClNO.C5H10N2O/c12-10-3-1-9(2-4-10)7-13-6-5-11(14)8-13;6-5(8)4-2-1-3-7-4/h1-4,11,14H,5-8H2;4,7H,1-3H2,(H2,6,8). The van der Waals surface area contributed by atoms with E-state index in [1.165, 1.54) is 5.56 Å². The van der Waals surface area contributed by atoms with Gasteiger partial charge in [0.05, 0.1) is 12.1 Å². The number of aliphatic hydroxyl groups excluding tert-OH is 1. The van der Waals surface area contributed by atoms with Crippen LogP contribution in [-0.2, 0) is 11.3 Å². The van der Waals surface area contributed by atoms with E-state index in [0.29, 0.717) is 0 Å². The number of nitrogens with zero attached hydrogens (tertiary/aromatic N) is 1. The van der Waals surface area contributed by atoms with Crippen LogP contribution in [0.5, 0.6) is 0 Å². The monoisotopic (exact) mass is 325 g/mol. The molecule has 2 aliphatic heterocycles. The number of hydrogen-bond acceptors (Lipinski definition) is 4. The van der Waals surface area contributed by atoms with Crippen molar-refractivity contribution >= 4 is 17.5 Å². The summed E-state index contributed by atoms with van der Waals surface area (Å²) in [6.07, 6.45) is 2.75. The Morgan fingerprint density at radius 2 is 2.09 bits per heavy atom. The molecule has 122 valence electrons. The predicted molar refractivity (Wildman–Crippen MR) is 87.6 cm³/mol. The maximum atomic E-state index is 10.4. The molecule has 0 aromatic heterocycles. The summed E-state index contributed by atoms with van der Waals surface area (Å²) < 4.78 is 0. The lowest BCUT2D eigenvalue weighted by Gasteiger charge is -2.14. The molecule has 22 heavy (non-hydrogen) atoms. The Labute approximate surface area is 136 Å². The van der Waals surface area contributed by atoms with Crippen LogP contribution in [0.2, 0.25) is 5.02 Å². The molecule has 1 aromatic rings. The molecular formula is C16H24ClN3O2. The summed E-state index contributed by atoms with van der Waals surface area (Å²) in [4.78, 5) is 12.6. The van der Waals surface area contributed by atoms with Gasteiger partial charge in [0.25, 0.3) is 0 Å². The van der Waals surface area contributed by atoms with Gasteiger partial charge in [-0.3, -0.25) is 9.69 Å². The van der Waals surface area contributed by atoms with E-state index in [9.17, 15) is 9.90 Å². The molecule has 6 heteroatoms. The first-order valence-corrected chi connectivity index (χ1v) is 8.10. The quantitative estimate of drug-likeness (QED) is 0.778. The van der Waals surface area contributed by atoms with Crippen molar-refractivity contribution in [1.82, 2.24) is 10.2 Å². The van der Waals surface area contributed by atoms with E-state index in [2.05, 4.69) is 10.2 Å². The molecule has 2 aliphatic rings. The van der Waals surface area contributed by atoms with Gasteiger partial charge in [-0.2, -0.15) is 0 Å². The number of carbonyl (C=O) groups excluding carboxylic acids is 1. The van der Waals surface area contributed by atoms with Crippen molar-refractivity contribution in [3.05, 3.63) is 34.9 Å². The molecule has 5 nitrogen and oxygen atoms in total. The van der Waals surface area contributed by atoms with Crippen LogP contribution in [0.4, 0.5) is 0 Å². The lowest BCUT2D eigenvalue weighted by molar-refractivity contribution is -0.119. The third-order valence-electron chi connectivity index (χ3n) is 3.97. The Balaban J connectivity index is 0.000000188. The number of likely N-dealkylation sites (tertiary alicyclic amines) is 1. The number of amides is 1. The van der Waals surface area contributed by atoms with Gasteiger partial charge in [-0.1, -0.05) is 23.7 Å².